The van der Waals surface area contributed by atoms with Crippen molar-refractivity contribution in [1.29, 1.82) is 5.26 Å². The van der Waals surface area contributed by atoms with Crippen LogP contribution in [0.15, 0.2) is 54.6 Å². The van der Waals surface area contributed by atoms with Crippen LogP contribution in [0.25, 0.3) is 0 Å². The van der Waals surface area contributed by atoms with Crippen molar-refractivity contribution in [2.45, 2.75) is 90.5 Å². The number of hydrogen-bond donors (Lipinski definition) is 1. The van der Waals surface area contributed by atoms with Crippen LogP contribution in [0.4, 0.5) is 11.4 Å². The Balaban J connectivity index is 0.000000162. The second-order valence-corrected chi connectivity index (χ2v) is 18.5. The molecule has 6 aliphatic heterocycles. The lowest BCUT2D eigenvalue weighted by Crippen LogP contribution is -2.52. The number of amides is 3. The molecule has 0 bridgehead atoms. The Morgan fingerprint density at radius 2 is 1.57 bits per heavy atom. The number of nitrogens with one attached hydrogen (secondary N) is 1. The summed E-state index contributed by atoms with van der Waals surface area (Å²) in [7, 11) is 2.20. The molecular formula is C46H54ClN7O4. The number of halogens is 1. The summed E-state index contributed by atoms with van der Waals surface area (Å²) < 4.78 is 0. The molecule has 11 nitrogen and oxygen atoms in total. The maximum absolute atomic E-state index is 13.0. The lowest BCUT2D eigenvalue weighted by molar-refractivity contribution is -0.136. The molecule has 9 rings (SSSR count). The number of imide groups is 1. The summed E-state index contributed by atoms with van der Waals surface area (Å²) in [6.07, 6.45) is 7.54. The van der Waals surface area contributed by atoms with Gasteiger partial charge < -0.3 is 19.6 Å². The molecular weight excluding hydrogens is 750 g/mol. The predicted octanol–water partition coefficient (Wildman–Crippen LogP) is 6.40. The second-order valence-electron chi connectivity index (χ2n) is 18.1. The van der Waals surface area contributed by atoms with Gasteiger partial charge in [-0.1, -0.05) is 24.6 Å². The van der Waals surface area contributed by atoms with Crippen LogP contribution >= 0.6 is 11.6 Å². The van der Waals surface area contributed by atoms with Crippen LogP contribution in [-0.2, 0) is 29.2 Å². The zero-order chi connectivity index (χ0) is 40.8. The van der Waals surface area contributed by atoms with Crippen molar-refractivity contribution in [3.8, 4) is 6.07 Å². The number of hydrogen-bond acceptors (Lipinski definition) is 9. The van der Waals surface area contributed by atoms with Crippen molar-refractivity contribution in [1.82, 2.24) is 20.0 Å². The van der Waals surface area contributed by atoms with E-state index in [1.54, 1.807) is 4.90 Å². The van der Waals surface area contributed by atoms with Crippen LogP contribution in [-0.4, -0.2) is 97.1 Å². The van der Waals surface area contributed by atoms with Gasteiger partial charge in [0.2, 0.25) is 11.8 Å². The topological polar surface area (TPSA) is 120 Å². The molecule has 2 atom stereocenters. The Hall–Kier alpha value is -4.76. The van der Waals surface area contributed by atoms with Crippen molar-refractivity contribution >= 4 is 47.0 Å². The Kier molecular flexibility index (Phi) is 11.1. The molecule has 304 valence electrons. The van der Waals surface area contributed by atoms with Crippen molar-refractivity contribution in [2.24, 2.45) is 10.8 Å². The second kappa shape index (κ2) is 16.1. The quantitative estimate of drug-likeness (QED) is 0.223. The average molecular weight is 804 g/mol. The lowest BCUT2D eigenvalue weighted by Gasteiger charge is -2.40. The van der Waals surface area contributed by atoms with Crippen LogP contribution in [0.3, 0.4) is 0 Å². The minimum absolute atomic E-state index is 0.0805. The minimum atomic E-state index is -0.543. The third-order valence-electron chi connectivity index (χ3n) is 13.8. The monoisotopic (exact) mass is 803 g/mol. The van der Waals surface area contributed by atoms with Crippen LogP contribution < -0.4 is 15.1 Å². The molecule has 1 spiro atoms. The Morgan fingerprint density at radius 3 is 2.22 bits per heavy atom. The van der Waals surface area contributed by atoms with E-state index < -0.39 is 6.04 Å². The van der Waals surface area contributed by atoms with E-state index in [-0.39, 0.29) is 24.1 Å². The molecule has 1 N–H and O–H groups in total. The summed E-state index contributed by atoms with van der Waals surface area (Å²) in [5, 5.41) is 12.0. The molecule has 3 aromatic rings. The molecule has 12 heteroatoms. The van der Waals surface area contributed by atoms with E-state index in [1.165, 1.54) is 36.1 Å². The normalized spacial score (nSPS) is 23.9. The molecule has 1 unspecified atom stereocenters. The van der Waals surface area contributed by atoms with Gasteiger partial charge in [0.25, 0.3) is 5.91 Å². The Morgan fingerprint density at radius 1 is 0.879 bits per heavy atom. The molecule has 0 radical (unpaired) electrons. The molecule has 0 aromatic heterocycles. The number of anilines is 2. The number of benzene rings is 3. The highest BCUT2D eigenvalue weighted by molar-refractivity contribution is 6.32. The fourth-order valence-electron chi connectivity index (χ4n) is 10.3. The molecule has 3 aromatic carbocycles. The van der Waals surface area contributed by atoms with Gasteiger partial charge in [0.05, 0.1) is 10.6 Å². The molecule has 0 saturated carbocycles. The maximum atomic E-state index is 13.0. The van der Waals surface area contributed by atoms with Gasteiger partial charge >= 0.3 is 0 Å². The van der Waals surface area contributed by atoms with Crippen molar-refractivity contribution in [3.63, 3.8) is 0 Å². The summed E-state index contributed by atoms with van der Waals surface area (Å²) in [6.45, 7) is 13.5. The molecule has 6 heterocycles. The third-order valence-corrected chi connectivity index (χ3v) is 14.1. The number of fused-ring (bicyclic) bond motifs is 2. The first-order valence-corrected chi connectivity index (χ1v) is 21.2. The number of aldehydes is 1. The van der Waals surface area contributed by atoms with E-state index in [2.05, 4.69) is 64.0 Å². The smallest absolute Gasteiger partial charge is 0.255 e. The van der Waals surface area contributed by atoms with Crippen LogP contribution in [0.2, 0.25) is 5.02 Å². The fourth-order valence-corrected chi connectivity index (χ4v) is 10.5. The first-order chi connectivity index (χ1) is 27.8. The SMILES string of the molecule is CN1CCC(C)(CN2Cc3cc4c(cc3C2)C(=O)N(C2CCC(=O)NC2=O)C4)CC1.C[C@H]1CC2(CCN(c3ccc(C=O)cc3)CC2)CN1c1ccc(C#N)c(Cl)c1. The van der Waals surface area contributed by atoms with Crippen LogP contribution in [0.1, 0.15) is 102 Å². The van der Waals surface area contributed by atoms with Gasteiger partial charge in [-0.3, -0.25) is 29.4 Å². The number of likely N-dealkylation sites (tertiary alicyclic amines) is 1. The zero-order valence-electron chi connectivity index (χ0n) is 33.9. The van der Waals surface area contributed by atoms with Crippen LogP contribution in [0, 0.1) is 22.2 Å². The Bertz CT molecular complexity index is 2130. The average Bonchev–Trinajstić information content (AvgIpc) is 3.86. The highest BCUT2D eigenvalue weighted by Crippen LogP contribution is 2.46. The van der Waals surface area contributed by atoms with E-state index >= 15 is 0 Å². The van der Waals surface area contributed by atoms with Crippen molar-refractivity contribution < 1.29 is 19.2 Å². The molecule has 58 heavy (non-hydrogen) atoms. The minimum Gasteiger partial charge on any atom is -0.371 e. The first-order valence-electron chi connectivity index (χ1n) is 20.8. The number of carbonyl (C=O) groups is 4. The van der Waals surface area contributed by atoms with Crippen LogP contribution in [0.5, 0.6) is 0 Å². The van der Waals surface area contributed by atoms with Gasteiger partial charge in [0.15, 0.2) is 0 Å². The summed E-state index contributed by atoms with van der Waals surface area (Å²) >= 11 is 6.26. The number of carbonyl (C=O) groups excluding carboxylic acids is 4. The van der Waals surface area contributed by atoms with E-state index in [0.29, 0.717) is 40.4 Å². The first kappa shape index (κ1) is 40.0. The fraction of sp³-hybridized carbons (Fsp3) is 0.500. The highest BCUT2D eigenvalue weighted by Gasteiger charge is 2.44. The van der Waals surface area contributed by atoms with E-state index in [1.807, 2.05) is 42.5 Å². The van der Waals surface area contributed by atoms with Gasteiger partial charge in [0.1, 0.15) is 18.4 Å². The number of nitriles is 1. The Labute approximate surface area is 346 Å². The van der Waals surface area contributed by atoms with Crippen molar-refractivity contribution in [3.05, 3.63) is 93.0 Å². The van der Waals surface area contributed by atoms with E-state index in [0.717, 1.165) is 93.9 Å². The molecule has 4 fully saturated rings. The maximum Gasteiger partial charge on any atom is 0.255 e. The molecule has 3 amide bonds. The predicted molar refractivity (Wildman–Crippen MR) is 225 cm³/mol. The summed E-state index contributed by atoms with van der Waals surface area (Å²) in [4.78, 5) is 59.0. The van der Waals surface area contributed by atoms with Gasteiger partial charge in [-0.15, -0.1) is 0 Å². The number of piperidine rings is 3. The summed E-state index contributed by atoms with van der Waals surface area (Å²) in [6, 6.07) is 19.9. The van der Waals surface area contributed by atoms with Gasteiger partial charge in [-0.05, 0) is 142 Å². The zero-order valence-corrected chi connectivity index (χ0v) is 34.7. The lowest BCUT2D eigenvalue weighted by atomic mass is 9.76. The number of rotatable bonds is 6. The molecule has 0 aliphatic carbocycles. The third kappa shape index (κ3) is 8.12. The summed E-state index contributed by atoms with van der Waals surface area (Å²) in [5.41, 5.74) is 8.53. The molecule has 6 aliphatic rings. The van der Waals surface area contributed by atoms with Gasteiger partial charge in [-0.2, -0.15) is 5.26 Å². The summed E-state index contributed by atoms with van der Waals surface area (Å²) in [5.74, 6) is -0.682. The largest absolute Gasteiger partial charge is 0.371 e. The van der Waals surface area contributed by atoms with E-state index in [9.17, 15) is 19.2 Å². The molecule has 4 saturated heterocycles. The van der Waals surface area contributed by atoms with E-state index in [4.69, 9.17) is 16.9 Å². The van der Waals surface area contributed by atoms with Gasteiger partial charge in [-0.25, -0.2) is 0 Å². The standard InChI is InChI=1S/C23H24ClN3O.C23H30N4O3/c1-17-13-23(16-27(17)21-7-4-19(14-25)22(24)12-21)8-10-26(11-9-23)20-5-2-18(15-28)3-6-20;1-23(5-7-25(2)8-6-23)14-26-11-15-9-17-13-27(19-3-4-20(28)24-21(19)29)22(30)18(17)10-16(15)12-26/h2-7,12,15,17H,8-11,13,16H2,1H3;9-10,19H,3-8,11-14H2,1-2H3,(H,24,28,29)/t17-;/m0./s1. The highest BCUT2D eigenvalue weighted by atomic mass is 35.5. The van der Waals surface area contributed by atoms with Gasteiger partial charge in [0, 0.05) is 80.8 Å². The number of nitrogens with zero attached hydrogens (tertiary/aromatic N) is 6. The van der Waals surface area contributed by atoms with Crippen molar-refractivity contribution in [2.75, 3.05) is 56.1 Å².